The SMILES string of the molecule is COC(=O)c1ccc(NC(=O)CSc2nnc(-c3cccc([N+](=O)[O-])c3)o2)cc1. The van der Waals surface area contributed by atoms with Gasteiger partial charge in [0.1, 0.15) is 0 Å². The van der Waals surface area contributed by atoms with Gasteiger partial charge in [0.25, 0.3) is 10.9 Å². The van der Waals surface area contributed by atoms with Crippen LogP contribution < -0.4 is 5.32 Å². The van der Waals surface area contributed by atoms with Crippen LogP contribution in [0.5, 0.6) is 0 Å². The molecule has 10 nitrogen and oxygen atoms in total. The molecular weight excluding hydrogens is 400 g/mol. The van der Waals surface area contributed by atoms with Crippen molar-refractivity contribution in [2.24, 2.45) is 0 Å². The minimum atomic E-state index is -0.516. The minimum absolute atomic E-state index is 0.00925. The number of esters is 1. The van der Waals surface area contributed by atoms with E-state index in [0.717, 1.165) is 11.8 Å². The molecule has 2 aromatic carbocycles. The average molecular weight is 414 g/mol. The number of carbonyl (C=O) groups excluding carboxylic acids is 2. The molecule has 11 heteroatoms. The number of ether oxygens (including phenoxy) is 1. The number of nitrogens with one attached hydrogen (secondary N) is 1. The molecule has 0 saturated heterocycles. The Morgan fingerprint density at radius 2 is 1.97 bits per heavy atom. The number of benzene rings is 2. The third-order valence-electron chi connectivity index (χ3n) is 3.63. The van der Waals surface area contributed by atoms with Crippen molar-refractivity contribution in [2.45, 2.75) is 5.22 Å². The number of rotatable bonds is 7. The molecular formula is C18H14N4O6S. The van der Waals surface area contributed by atoms with E-state index in [4.69, 9.17) is 4.42 Å². The summed E-state index contributed by atoms with van der Waals surface area (Å²) in [5.41, 5.74) is 1.21. The quantitative estimate of drug-likeness (QED) is 0.267. The summed E-state index contributed by atoms with van der Waals surface area (Å²) < 4.78 is 10.1. The van der Waals surface area contributed by atoms with Gasteiger partial charge in [-0.2, -0.15) is 0 Å². The van der Waals surface area contributed by atoms with Crippen molar-refractivity contribution in [3.63, 3.8) is 0 Å². The molecule has 0 unspecified atom stereocenters. The van der Waals surface area contributed by atoms with Crippen LogP contribution in [-0.4, -0.2) is 39.9 Å². The number of thioether (sulfide) groups is 1. The third kappa shape index (κ3) is 5.17. The highest BCUT2D eigenvalue weighted by Crippen LogP contribution is 2.26. The predicted molar refractivity (Wildman–Crippen MR) is 104 cm³/mol. The normalized spacial score (nSPS) is 10.4. The number of non-ortho nitro benzene ring substituents is 1. The first-order valence-corrected chi connectivity index (χ1v) is 9.14. The van der Waals surface area contributed by atoms with Gasteiger partial charge in [0, 0.05) is 23.4 Å². The highest BCUT2D eigenvalue weighted by atomic mass is 32.2. The minimum Gasteiger partial charge on any atom is -0.465 e. The number of nitro benzene ring substituents is 1. The maximum Gasteiger partial charge on any atom is 0.337 e. The van der Waals surface area contributed by atoms with Crippen LogP contribution >= 0.6 is 11.8 Å². The number of hydrogen-bond donors (Lipinski definition) is 1. The summed E-state index contributed by atoms with van der Waals surface area (Å²) in [5.74, 6) is -0.643. The highest BCUT2D eigenvalue weighted by molar-refractivity contribution is 7.99. The second-order valence-corrected chi connectivity index (χ2v) is 6.51. The number of nitro groups is 1. The van der Waals surface area contributed by atoms with Gasteiger partial charge in [-0.25, -0.2) is 4.79 Å². The van der Waals surface area contributed by atoms with Crippen molar-refractivity contribution in [3.05, 3.63) is 64.2 Å². The standard InChI is InChI=1S/C18H14N4O6S/c1-27-17(24)11-5-7-13(8-6-11)19-15(23)10-29-18-21-20-16(28-18)12-3-2-4-14(9-12)22(25)26/h2-9H,10H2,1H3,(H,19,23). The van der Waals surface area contributed by atoms with Gasteiger partial charge >= 0.3 is 5.97 Å². The molecule has 1 N–H and O–H groups in total. The fraction of sp³-hybridized carbons (Fsp3) is 0.111. The van der Waals surface area contributed by atoms with E-state index in [1.165, 1.54) is 37.4 Å². The summed E-state index contributed by atoms with van der Waals surface area (Å²) >= 11 is 1.03. The first-order chi connectivity index (χ1) is 14.0. The Hall–Kier alpha value is -3.73. The molecule has 1 heterocycles. The van der Waals surface area contributed by atoms with Crippen LogP contribution in [0.4, 0.5) is 11.4 Å². The Bertz CT molecular complexity index is 1050. The Kier molecular flexibility index (Phi) is 6.19. The van der Waals surface area contributed by atoms with E-state index in [-0.39, 0.29) is 28.5 Å². The van der Waals surface area contributed by atoms with E-state index >= 15 is 0 Å². The van der Waals surface area contributed by atoms with E-state index in [0.29, 0.717) is 16.8 Å². The molecule has 0 spiro atoms. The van der Waals surface area contributed by atoms with Gasteiger partial charge in [0.2, 0.25) is 11.8 Å². The van der Waals surface area contributed by atoms with Crippen molar-refractivity contribution in [2.75, 3.05) is 18.2 Å². The summed E-state index contributed by atoms with van der Waals surface area (Å²) in [6.07, 6.45) is 0. The third-order valence-corrected chi connectivity index (χ3v) is 4.45. The molecule has 0 aliphatic rings. The lowest BCUT2D eigenvalue weighted by atomic mass is 10.2. The molecule has 0 saturated carbocycles. The fourth-order valence-corrected chi connectivity index (χ4v) is 2.83. The number of amides is 1. The highest BCUT2D eigenvalue weighted by Gasteiger charge is 2.14. The Morgan fingerprint density at radius 3 is 2.66 bits per heavy atom. The van der Waals surface area contributed by atoms with Crippen molar-refractivity contribution >= 4 is 35.0 Å². The van der Waals surface area contributed by atoms with E-state index in [1.54, 1.807) is 18.2 Å². The lowest BCUT2D eigenvalue weighted by Gasteiger charge is -2.05. The second kappa shape index (κ2) is 8.97. The Morgan fingerprint density at radius 1 is 1.21 bits per heavy atom. The largest absolute Gasteiger partial charge is 0.465 e. The number of anilines is 1. The summed E-state index contributed by atoms with van der Waals surface area (Å²) in [6, 6.07) is 12.1. The van der Waals surface area contributed by atoms with Gasteiger partial charge in [0.05, 0.1) is 23.3 Å². The lowest BCUT2D eigenvalue weighted by Crippen LogP contribution is -2.14. The van der Waals surface area contributed by atoms with Crippen LogP contribution in [-0.2, 0) is 9.53 Å². The maximum atomic E-state index is 12.1. The van der Waals surface area contributed by atoms with Crippen LogP contribution in [0.1, 0.15) is 10.4 Å². The van der Waals surface area contributed by atoms with Gasteiger partial charge in [-0.05, 0) is 30.3 Å². The van der Waals surface area contributed by atoms with Crippen LogP contribution in [0.15, 0.2) is 58.2 Å². The lowest BCUT2D eigenvalue weighted by molar-refractivity contribution is -0.384. The van der Waals surface area contributed by atoms with Gasteiger partial charge in [-0.15, -0.1) is 10.2 Å². The van der Waals surface area contributed by atoms with Crippen molar-refractivity contribution in [1.82, 2.24) is 10.2 Å². The van der Waals surface area contributed by atoms with Crippen molar-refractivity contribution < 1.29 is 23.7 Å². The molecule has 3 rings (SSSR count). The van der Waals surface area contributed by atoms with E-state index in [2.05, 4.69) is 20.3 Å². The van der Waals surface area contributed by atoms with E-state index in [1.807, 2.05) is 0 Å². The van der Waals surface area contributed by atoms with Crippen LogP contribution in [0.2, 0.25) is 0 Å². The zero-order chi connectivity index (χ0) is 20.8. The van der Waals surface area contributed by atoms with E-state index in [9.17, 15) is 19.7 Å². The molecule has 1 amide bonds. The molecule has 0 radical (unpaired) electrons. The average Bonchev–Trinajstić information content (AvgIpc) is 3.21. The number of nitrogens with zero attached hydrogens (tertiary/aromatic N) is 3. The fourth-order valence-electron chi connectivity index (χ4n) is 2.27. The predicted octanol–water partition coefficient (Wildman–Crippen LogP) is 3.16. The van der Waals surface area contributed by atoms with Crippen molar-refractivity contribution in [3.8, 4) is 11.5 Å². The zero-order valence-corrected chi connectivity index (χ0v) is 15.8. The van der Waals surface area contributed by atoms with Gasteiger partial charge in [-0.1, -0.05) is 17.8 Å². The molecule has 0 aliphatic heterocycles. The van der Waals surface area contributed by atoms with Gasteiger partial charge in [-0.3, -0.25) is 14.9 Å². The molecule has 1 aromatic heterocycles. The molecule has 3 aromatic rings. The molecule has 148 valence electrons. The molecule has 29 heavy (non-hydrogen) atoms. The van der Waals surface area contributed by atoms with Crippen LogP contribution in [0.3, 0.4) is 0 Å². The van der Waals surface area contributed by atoms with Crippen LogP contribution in [0.25, 0.3) is 11.5 Å². The van der Waals surface area contributed by atoms with Crippen LogP contribution in [0, 0.1) is 10.1 Å². The topological polar surface area (TPSA) is 137 Å². The second-order valence-electron chi connectivity index (χ2n) is 5.59. The summed E-state index contributed by atoms with van der Waals surface area (Å²) in [7, 11) is 1.29. The summed E-state index contributed by atoms with van der Waals surface area (Å²) in [5, 5.41) is 21.4. The first-order valence-electron chi connectivity index (χ1n) is 8.15. The van der Waals surface area contributed by atoms with Gasteiger partial charge < -0.3 is 14.5 Å². The first kappa shape index (κ1) is 20.0. The number of hydrogen-bond acceptors (Lipinski definition) is 9. The Labute approximate surface area is 168 Å². The summed E-state index contributed by atoms with van der Waals surface area (Å²) in [4.78, 5) is 33.8. The van der Waals surface area contributed by atoms with E-state index < -0.39 is 10.9 Å². The summed E-state index contributed by atoms with van der Waals surface area (Å²) in [6.45, 7) is 0. The molecule has 0 aliphatic carbocycles. The number of methoxy groups -OCH3 is 1. The maximum absolute atomic E-state index is 12.1. The Balaban J connectivity index is 1.57. The van der Waals surface area contributed by atoms with Crippen molar-refractivity contribution in [1.29, 1.82) is 0 Å². The smallest absolute Gasteiger partial charge is 0.337 e. The molecule has 0 bridgehead atoms. The zero-order valence-electron chi connectivity index (χ0n) is 15.0. The number of carbonyl (C=O) groups is 2. The molecule has 0 atom stereocenters. The monoisotopic (exact) mass is 414 g/mol. The van der Waals surface area contributed by atoms with Gasteiger partial charge in [0.15, 0.2) is 0 Å². The number of aromatic nitrogens is 2. The molecule has 0 fully saturated rings.